The lowest BCUT2D eigenvalue weighted by molar-refractivity contribution is 1.73. The third-order valence-corrected chi connectivity index (χ3v) is 5.17. The molecule has 5 rings (SSSR count). The fraction of sp³-hybridized carbons (Fsp3) is 0. The quantitative estimate of drug-likeness (QED) is 0.213. The first-order valence-corrected chi connectivity index (χ1v) is 9.54. The van der Waals surface area contributed by atoms with Gasteiger partial charge in [-0.1, -0.05) is 42.3 Å². The Morgan fingerprint density at radius 1 is 0.520 bits per heavy atom. The van der Waals surface area contributed by atoms with Crippen LogP contribution < -0.4 is 0 Å². The van der Waals surface area contributed by atoms with E-state index in [9.17, 15) is 0 Å². The minimum absolute atomic E-state index is 0.903. The Hall–Kier alpha value is -3.08. The minimum Gasteiger partial charge on any atom is -0.138 e. The second-order valence-electron chi connectivity index (χ2n) is 6.50. The van der Waals surface area contributed by atoms with Gasteiger partial charge in [0.2, 0.25) is 0 Å². The van der Waals surface area contributed by atoms with Crippen LogP contribution in [0.3, 0.4) is 0 Å². The number of hydrogen-bond donors (Lipinski definition) is 0. The molecule has 5 aromatic rings. The molecule has 0 saturated carbocycles. The zero-order valence-corrected chi connectivity index (χ0v) is 16.0. The van der Waals surface area contributed by atoms with Gasteiger partial charge in [-0.05, 0) is 85.6 Å². The largest absolute Gasteiger partial charge is 0.138 e. The van der Waals surface area contributed by atoms with Gasteiger partial charge in [0, 0.05) is 5.56 Å². The van der Waals surface area contributed by atoms with Crippen LogP contribution in [0.25, 0.3) is 43.1 Å². The van der Waals surface area contributed by atoms with E-state index in [2.05, 4.69) is 90.3 Å². The van der Waals surface area contributed by atoms with E-state index in [0.29, 0.717) is 0 Å². The second-order valence-corrected chi connectivity index (χ2v) is 7.00. The zero-order chi connectivity index (χ0) is 16.8. The summed E-state index contributed by atoms with van der Waals surface area (Å²) in [5.41, 5.74) is 4.30. The molecule has 0 aliphatic carbocycles. The Labute approximate surface area is 149 Å². The van der Waals surface area contributed by atoms with Gasteiger partial charge in [-0.25, -0.2) is 0 Å². The van der Waals surface area contributed by atoms with Crippen molar-refractivity contribution in [2.24, 2.45) is 0 Å². The predicted octanol–water partition coefficient (Wildman–Crippen LogP) is 4.97. The van der Waals surface area contributed by atoms with Crippen LogP contribution in [0.5, 0.6) is 0 Å². The fourth-order valence-electron chi connectivity index (χ4n) is 3.71. The highest BCUT2D eigenvalue weighted by Crippen LogP contribution is 2.31. The molecular formula is C24H16Si. The van der Waals surface area contributed by atoms with Crippen LogP contribution in [-0.4, -0.2) is 10.2 Å². The maximum atomic E-state index is 3.29. The number of hydrogen-bond acceptors (Lipinski definition) is 0. The molecule has 0 atom stereocenters. The third kappa shape index (κ3) is 2.31. The maximum Gasteiger partial charge on any atom is 0.0911 e. The van der Waals surface area contributed by atoms with Crippen LogP contribution in [0.15, 0.2) is 78.9 Å². The molecule has 0 unspecified atom stereocenters. The maximum absolute atomic E-state index is 3.29. The molecule has 0 spiro atoms. The van der Waals surface area contributed by atoms with Gasteiger partial charge in [-0.3, -0.25) is 0 Å². The normalized spacial score (nSPS) is 11.2. The molecule has 1 heteroatoms. The van der Waals surface area contributed by atoms with E-state index in [-0.39, 0.29) is 0 Å². The summed E-state index contributed by atoms with van der Waals surface area (Å²) in [5.74, 6) is 3.29. The van der Waals surface area contributed by atoms with Gasteiger partial charge in [-0.15, -0.1) is 5.54 Å². The van der Waals surface area contributed by atoms with Gasteiger partial charge in [0.15, 0.2) is 0 Å². The Balaban J connectivity index is 1.89. The molecule has 0 amide bonds. The van der Waals surface area contributed by atoms with Crippen molar-refractivity contribution in [2.75, 3.05) is 0 Å². The van der Waals surface area contributed by atoms with E-state index in [1.165, 1.54) is 43.1 Å². The highest BCUT2D eigenvalue weighted by Gasteiger charge is 2.05. The minimum atomic E-state index is 0.903. The lowest BCUT2D eigenvalue weighted by atomic mass is 9.96. The Bertz CT molecular complexity index is 1350. The summed E-state index contributed by atoms with van der Waals surface area (Å²) < 4.78 is 0. The molecule has 5 aromatic carbocycles. The van der Waals surface area contributed by atoms with E-state index >= 15 is 0 Å². The van der Waals surface area contributed by atoms with Crippen molar-refractivity contribution in [1.82, 2.24) is 0 Å². The zero-order valence-electron chi connectivity index (χ0n) is 14.0. The lowest BCUT2D eigenvalue weighted by Crippen LogP contribution is -1.83. The average Bonchev–Trinajstić information content (AvgIpc) is 2.64. The van der Waals surface area contributed by atoms with E-state index < -0.39 is 0 Å². The summed E-state index contributed by atoms with van der Waals surface area (Å²) in [6, 6.07) is 28.7. The molecule has 0 radical (unpaired) electrons. The first-order chi connectivity index (χ1) is 12.3. The van der Waals surface area contributed by atoms with Gasteiger partial charge >= 0.3 is 0 Å². The molecule has 0 nitrogen and oxygen atoms in total. The average molecular weight is 332 g/mol. The van der Waals surface area contributed by atoms with Crippen molar-refractivity contribution in [3.8, 4) is 11.5 Å². The molecule has 0 aliphatic rings. The smallest absolute Gasteiger partial charge is 0.0911 e. The summed E-state index contributed by atoms with van der Waals surface area (Å²) in [4.78, 5) is 0. The lowest BCUT2D eigenvalue weighted by Gasteiger charge is -2.08. The Morgan fingerprint density at radius 2 is 1.04 bits per heavy atom. The standard InChI is InChI=1S/C24H16Si/c25-9-8-16-6-3-7-19-12-22-13-20-10-17-4-1-2-5-18(17)11-21(20)14-23(22)15-24(16)19/h1-7,10-15H,25H3. The van der Waals surface area contributed by atoms with E-state index in [0.717, 1.165) is 15.8 Å². The molecule has 0 saturated heterocycles. The molecule has 25 heavy (non-hydrogen) atoms. The molecular weight excluding hydrogens is 316 g/mol. The highest BCUT2D eigenvalue weighted by atomic mass is 28.1. The van der Waals surface area contributed by atoms with Crippen molar-refractivity contribution in [1.29, 1.82) is 0 Å². The number of benzene rings is 5. The van der Waals surface area contributed by atoms with Crippen LogP contribution in [-0.2, 0) is 0 Å². The van der Waals surface area contributed by atoms with Gasteiger partial charge in [0.05, 0.1) is 10.2 Å². The topological polar surface area (TPSA) is 0 Å². The monoisotopic (exact) mass is 332 g/mol. The van der Waals surface area contributed by atoms with Crippen LogP contribution in [0, 0.1) is 11.5 Å². The molecule has 0 fully saturated rings. The van der Waals surface area contributed by atoms with E-state index in [4.69, 9.17) is 0 Å². The summed E-state index contributed by atoms with van der Waals surface area (Å²) >= 11 is 0. The van der Waals surface area contributed by atoms with Crippen molar-refractivity contribution < 1.29 is 0 Å². The Morgan fingerprint density at radius 3 is 1.68 bits per heavy atom. The van der Waals surface area contributed by atoms with Gasteiger partial charge in [0.25, 0.3) is 0 Å². The summed E-state index contributed by atoms with van der Waals surface area (Å²) in [7, 11) is 0.903. The van der Waals surface area contributed by atoms with E-state index in [1.807, 2.05) is 0 Å². The van der Waals surface area contributed by atoms with Crippen molar-refractivity contribution in [3.05, 3.63) is 84.4 Å². The van der Waals surface area contributed by atoms with Gasteiger partial charge in [0.1, 0.15) is 0 Å². The Kier molecular flexibility index (Phi) is 3.13. The van der Waals surface area contributed by atoms with Crippen molar-refractivity contribution in [2.45, 2.75) is 0 Å². The molecule has 0 N–H and O–H groups in total. The van der Waals surface area contributed by atoms with E-state index in [1.54, 1.807) is 0 Å². The first kappa shape index (κ1) is 14.3. The number of rotatable bonds is 0. The third-order valence-electron chi connectivity index (χ3n) is 4.92. The van der Waals surface area contributed by atoms with Crippen LogP contribution in [0.1, 0.15) is 5.56 Å². The van der Waals surface area contributed by atoms with Crippen molar-refractivity contribution >= 4 is 53.3 Å². The fourth-order valence-corrected chi connectivity index (χ4v) is 3.98. The SMILES string of the molecule is [SiH3]C#Cc1cccc2cc3cc4cc5ccccc5cc4cc3cc12. The highest BCUT2D eigenvalue weighted by molar-refractivity contribution is 6.22. The van der Waals surface area contributed by atoms with Gasteiger partial charge in [-0.2, -0.15) is 0 Å². The summed E-state index contributed by atoms with van der Waals surface area (Å²) in [6.07, 6.45) is 0. The molecule has 116 valence electrons. The summed E-state index contributed by atoms with van der Waals surface area (Å²) in [6.45, 7) is 0. The summed E-state index contributed by atoms with van der Waals surface area (Å²) in [5, 5.41) is 10.2. The molecule has 0 heterocycles. The van der Waals surface area contributed by atoms with Crippen LogP contribution >= 0.6 is 0 Å². The molecule has 0 aromatic heterocycles. The second kappa shape index (κ2) is 5.48. The first-order valence-electron chi connectivity index (χ1n) is 8.54. The van der Waals surface area contributed by atoms with Crippen molar-refractivity contribution in [3.63, 3.8) is 0 Å². The molecule has 0 aliphatic heterocycles. The van der Waals surface area contributed by atoms with Crippen LogP contribution in [0.2, 0.25) is 0 Å². The predicted molar refractivity (Wildman–Crippen MR) is 113 cm³/mol. The van der Waals surface area contributed by atoms with Gasteiger partial charge < -0.3 is 0 Å². The van der Waals surface area contributed by atoms with Crippen LogP contribution in [0.4, 0.5) is 0 Å². The number of fused-ring (bicyclic) bond motifs is 4. The molecule has 0 bridgehead atoms.